The van der Waals surface area contributed by atoms with Gasteiger partial charge in [-0.15, -0.1) is 0 Å². The zero-order valence-electron chi connectivity index (χ0n) is 4.84. The third-order valence-electron chi connectivity index (χ3n) is 0.307. The van der Waals surface area contributed by atoms with E-state index >= 15 is 0 Å². The van der Waals surface area contributed by atoms with Crippen LogP contribution in [0.5, 0.6) is 0 Å². The maximum Gasteiger partial charge on any atom is 0.459 e. The number of halogens is 2. The first-order valence-electron chi connectivity index (χ1n) is 1.38. The van der Waals surface area contributed by atoms with Gasteiger partial charge < -0.3 is 0 Å². The van der Waals surface area contributed by atoms with E-state index in [1.165, 1.54) is 0 Å². The topological polar surface area (TPSA) is 52.6 Å². The summed E-state index contributed by atoms with van der Waals surface area (Å²) in [5.74, 6) is -4.04. The third kappa shape index (κ3) is 5.96. The van der Waals surface area contributed by atoms with Crippen LogP contribution in [0.15, 0.2) is 0 Å². The molecule has 0 N–H and O–H groups in total. The standard InChI is InChI=1S/C2F2O4.Li.P/c3-7-1(5)2(6)8-4;;. The molecule has 0 unspecified atom stereocenters. The first-order chi connectivity index (χ1) is 3.72. The molecule has 0 amide bonds. The molecule has 0 aromatic rings. The van der Waals surface area contributed by atoms with Crippen molar-refractivity contribution in [2.75, 3.05) is 0 Å². The van der Waals surface area contributed by atoms with Gasteiger partial charge in [0.1, 0.15) is 0 Å². The van der Waals surface area contributed by atoms with Gasteiger partial charge in [0.15, 0.2) is 0 Å². The molecule has 0 heterocycles. The van der Waals surface area contributed by atoms with Gasteiger partial charge in [0.25, 0.3) is 0 Å². The molecule has 0 bridgehead atoms. The van der Waals surface area contributed by atoms with E-state index in [0.29, 0.717) is 0 Å². The minimum absolute atomic E-state index is 0. The Labute approximate surface area is 69.8 Å². The zero-order valence-corrected chi connectivity index (χ0v) is 5.73. The number of carbonyl (C=O) groups excluding carboxylic acids is 2. The van der Waals surface area contributed by atoms with Crippen molar-refractivity contribution in [2.24, 2.45) is 0 Å². The van der Waals surface area contributed by atoms with E-state index in [1.807, 2.05) is 0 Å². The molecular formula is C2F2LiO4P. The van der Waals surface area contributed by atoms with Gasteiger partial charge in [0.2, 0.25) is 0 Å². The maximum atomic E-state index is 10.5. The van der Waals surface area contributed by atoms with Crippen LogP contribution in [0, 0.1) is 0 Å². The monoisotopic (exact) mass is 164 g/mol. The molecule has 52 valence electrons. The Bertz CT molecular complexity index is 106. The minimum Gasteiger partial charge on any atom is -0.242 e. The van der Waals surface area contributed by atoms with Crippen molar-refractivity contribution in [3.8, 4) is 0 Å². The Hall–Kier alpha value is -0.173. The average molecular weight is 164 g/mol. The van der Waals surface area contributed by atoms with Crippen molar-refractivity contribution in [1.29, 1.82) is 0 Å². The largest absolute Gasteiger partial charge is 0.459 e. The van der Waals surface area contributed by atoms with E-state index < -0.39 is 11.9 Å². The van der Waals surface area contributed by atoms with Crippen molar-refractivity contribution in [1.82, 2.24) is 0 Å². The molecule has 10 heavy (non-hydrogen) atoms. The van der Waals surface area contributed by atoms with Crippen LogP contribution in [-0.4, -0.2) is 30.8 Å². The van der Waals surface area contributed by atoms with Crippen LogP contribution >= 0.6 is 9.90 Å². The van der Waals surface area contributed by atoms with Crippen molar-refractivity contribution < 1.29 is 28.5 Å². The summed E-state index contributed by atoms with van der Waals surface area (Å²) in [6.45, 7) is 0. The smallest absolute Gasteiger partial charge is 0.242 e. The molecule has 0 aliphatic heterocycles. The van der Waals surface area contributed by atoms with Gasteiger partial charge in [0, 0.05) is 37.8 Å². The molecule has 0 spiro atoms. The number of rotatable bonds is 0. The number of hydrogen-bond acceptors (Lipinski definition) is 4. The maximum absolute atomic E-state index is 10.5. The Kier molecular flexibility index (Phi) is 14.5. The number of carbonyl (C=O) groups is 2. The zero-order chi connectivity index (χ0) is 6.57. The normalized spacial score (nSPS) is 6.20. The Balaban J connectivity index is -0.000000245. The van der Waals surface area contributed by atoms with E-state index in [-0.39, 0.29) is 28.8 Å². The van der Waals surface area contributed by atoms with Gasteiger partial charge in [-0.2, -0.15) is 0 Å². The number of hydrogen-bond donors (Lipinski definition) is 0. The predicted molar refractivity (Wildman–Crippen MR) is 27.1 cm³/mol. The quantitative estimate of drug-likeness (QED) is 0.294. The van der Waals surface area contributed by atoms with E-state index in [4.69, 9.17) is 0 Å². The van der Waals surface area contributed by atoms with E-state index in [9.17, 15) is 18.6 Å². The second-order valence-electron chi connectivity index (χ2n) is 0.729. The first kappa shape index (κ1) is 16.4. The molecule has 0 aromatic heterocycles. The summed E-state index contributed by atoms with van der Waals surface area (Å²) in [7, 11) is 0. The summed E-state index contributed by atoms with van der Waals surface area (Å²) in [4.78, 5) is 23.4. The van der Waals surface area contributed by atoms with Gasteiger partial charge in [-0.25, -0.2) is 19.5 Å². The molecular weight excluding hydrogens is 164 g/mol. The van der Waals surface area contributed by atoms with Gasteiger partial charge in [-0.3, -0.25) is 0 Å². The van der Waals surface area contributed by atoms with Gasteiger partial charge in [0.05, 0.1) is 0 Å². The fraction of sp³-hybridized carbons (Fsp3) is 0. The molecule has 0 saturated carbocycles. The fourth-order valence-electron chi connectivity index (χ4n) is 0.0630. The summed E-state index contributed by atoms with van der Waals surface area (Å²) in [5.41, 5.74) is 0. The van der Waals surface area contributed by atoms with Gasteiger partial charge in [-0.1, -0.05) is 0 Å². The van der Waals surface area contributed by atoms with E-state index in [2.05, 4.69) is 9.88 Å². The molecule has 0 aliphatic carbocycles. The molecule has 0 atom stereocenters. The molecule has 0 aromatic carbocycles. The summed E-state index contributed by atoms with van der Waals surface area (Å²) in [5, 5.41) is 0. The molecule has 0 fully saturated rings. The molecule has 0 saturated heterocycles. The van der Waals surface area contributed by atoms with E-state index in [1.54, 1.807) is 0 Å². The summed E-state index contributed by atoms with van der Waals surface area (Å²) >= 11 is 0. The van der Waals surface area contributed by atoms with Crippen molar-refractivity contribution in [2.45, 2.75) is 0 Å². The van der Waals surface area contributed by atoms with Crippen LogP contribution in [0.25, 0.3) is 0 Å². The van der Waals surface area contributed by atoms with Gasteiger partial charge >= 0.3 is 11.9 Å². The SMILES string of the molecule is O=C(OF)C(=O)OF.[Li].[P]. The van der Waals surface area contributed by atoms with Crippen LogP contribution in [-0.2, 0) is 19.5 Å². The van der Waals surface area contributed by atoms with Crippen molar-refractivity contribution in [3.05, 3.63) is 0 Å². The van der Waals surface area contributed by atoms with E-state index in [0.717, 1.165) is 0 Å². The van der Waals surface area contributed by atoms with Crippen LogP contribution in [0.2, 0.25) is 0 Å². The summed E-state index contributed by atoms with van der Waals surface area (Å²) in [6, 6.07) is 0. The van der Waals surface area contributed by atoms with Crippen LogP contribution in [0.3, 0.4) is 0 Å². The summed E-state index contributed by atoms with van der Waals surface area (Å²) < 4.78 is 21.0. The molecule has 4 radical (unpaired) electrons. The molecule has 0 aliphatic rings. The Morgan fingerprint density at radius 3 is 1.30 bits per heavy atom. The summed E-state index contributed by atoms with van der Waals surface area (Å²) in [6.07, 6.45) is 0. The van der Waals surface area contributed by atoms with Crippen LogP contribution in [0.1, 0.15) is 0 Å². The second kappa shape index (κ2) is 8.83. The first-order valence-corrected chi connectivity index (χ1v) is 1.38. The Morgan fingerprint density at radius 2 is 1.20 bits per heavy atom. The van der Waals surface area contributed by atoms with Gasteiger partial charge in [-0.05, 0) is 0 Å². The average Bonchev–Trinajstić information content (AvgIpc) is 1.84. The predicted octanol–water partition coefficient (Wildman–Crippen LogP) is 0.322. The Morgan fingerprint density at radius 1 is 1.00 bits per heavy atom. The van der Waals surface area contributed by atoms with Crippen molar-refractivity contribution >= 4 is 40.7 Å². The van der Waals surface area contributed by atoms with Crippen molar-refractivity contribution in [3.63, 3.8) is 0 Å². The van der Waals surface area contributed by atoms with Crippen LogP contribution in [0.4, 0.5) is 9.05 Å². The molecule has 8 heteroatoms. The second-order valence-corrected chi connectivity index (χ2v) is 0.729. The molecule has 4 nitrogen and oxygen atoms in total. The third-order valence-corrected chi connectivity index (χ3v) is 0.307. The fourth-order valence-corrected chi connectivity index (χ4v) is 0.0630. The molecule has 0 rings (SSSR count). The van der Waals surface area contributed by atoms with Crippen LogP contribution < -0.4 is 0 Å². The minimum atomic E-state index is -2.02.